The Hall–Kier alpha value is -1.22. The first kappa shape index (κ1) is 16.2. The predicted octanol–water partition coefficient (Wildman–Crippen LogP) is 3.89. The summed E-state index contributed by atoms with van der Waals surface area (Å²) in [5, 5.41) is 0. The summed E-state index contributed by atoms with van der Waals surface area (Å²) in [5.41, 5.74) is 6.41. The molecule has 0 aromatic heterocycles. The van der Waals surface area contributed by atoms with E-state index in [-0.39, 0.29) is 6.10 Å². The van der Waals surface area contributed by atoms with E-state index in [4.69, 9.17) is 9.47 Å². The molecule has 2 aliphatic heterocycles. The van der Waals surface area contributed by atoms with Crippen molar-refractivity contribution in [2.24, 2.45) is 5.92 Å². The van der Waals surface area contributed by atoms with Crippen LogP contribution in [0.4, 0.5) is 0 Å². The van der Waals surface area contributed by atoms with Gasteiger partial charge in [0.25, 0.3) is 0 Å². The highest BCUT2D eigenvalue weighted by molar-refractivity contribution is 5.49. The number of rotatable bonds is 0. The van der Waals surface area contributed by atoms with Crippen LogP contribution in [0.5, 0.6) is 0 Å². The zero-order valence-corrected chi connectivity index (χ0v) is 14.5. The van der Waals surface area contributed by atoms with Gasteiger partial charge >= 0.3 is 0 Å². The van der Waals surface area contributed by atoms with Crippen LogP contribution in [0, 0.1) is 5.92 Å². The Balaban J connectivity index is 2.60. The van der Waals surface area contributed by atoms with Crippen LogP contribution < -0.4 is 0 Å². The summed E-state index contributed by atoms with van der Waals surface area (Å²) in [6, 6.07) is 0. The molecule has 2 aliphatic rings. The lowest BCUT2D eigenvalue weighted by molar-refractivity contribution is 0.0680. The fraction of sp³-hybridized carbons (Fsp3) is 0.667. The molecule has 118 valence electrons. The average Bonchev–Trinajstić information content (AvgIpc) is 2.76. The fourth-order valence-corrected chi connectivity index (χ4v) is 3.29. The van der Waals surface area contributed by atoms with Crippen LogP contribution in [0.15, 0.2) is 33.7 Å². The lowest BCUT2D eigenvalue weighted by atomic mass is 9.94. The average molecular weight is 291 g/mol. The lowest BCUT2D eigenvalue weighted by Crippen LogP contribution is -2.37. The number of hydrogen-bond acceptors (Lipinski definition) is 3. The molecule has 2 fully saturated rings. The van der Waals surface area contributed by atoms with Crippen LogP contribution in [0.25, 0.3) is 0 Å². The topological polar surface area (TPSA) is 21.7 Å². The largest absolute Gasteiger partial charge is 0.487 e. The van der Waals surface area contributed by atoms with Crippen molar-refractivity contribution in [3.8, 4) is 0 Å². The van der Waals surface area contributed by atoms with E-state index in [2.05, 4.69) is 53.5 Å². The molecule has 0 amide bonds. The molecular formula is C18H29NO2. The summed E-state index contributed by atoms with van der Waals surface area (Å²) in [6.45, 7) is 15.5. The van der Waals surface area contributed by atoms with Crippen molar-refractivity contribution in [1.29, 1.82) is 0 Å². The Bertz CT molecular complexity index is 501. The molecule has 0 radical (unpaired) electrons. The summed E-state index contributed by atoms with van der Waals surface area (Å²) < 4.78 is 12.1. The Labute approximate surface area is 129 Å². The van der Waals surface area contributed by atoms with Gasteiger partial charge in [-0.05, 0) is 47.1 Å². The number of allylic oxidation sites excluding steroid dienone is 3. The van der Waals surface area contributed by atoms with E-state index < -0.39 is 0 Å². The molecule has 0 saturated carbocycles. The number of likely N-dealkylation sites (N-methyl/N-ethyl adjacent to an activating group) is 1. The van der Waals surface area contributed by atoms with E-state index in [1.54, 1.807) is 0 Å². The fourth-order valence-electron chi connectivity index (χ4n) is 3.29. The normalized spacial score (nSPS) is 26.0. The Morgan fingerprint density at radius 2 is 1.62 bits per heavy atom. The molecule has 2 atom stereocenters. The van der Waals surface area contributed by atoms with Gasteiger partial charge in [0.1, 0.15) is 11.9 Å². The zero-order valence-electron chi connectivity index (χ0n) is 14.5. The minimum absolute atomic E-state index is 0.172. The molecule has 21 heavy (non-hydrogen) atoms. The van der Waals surface area contributed by atoms with Crippen molar-refractivity contribution in [2.75, 3.05) is 26.8 Å². The van der Waals surface area contributed by atoms with Crippen LogP contribution >= 0.6 is 0 Å². The third-order valence-corrected chi connectivity index (χ3v) is 4.19. The molecule has 0 N–H and O–H groups in total. The molecule has 2 rings (SSSR count). The maximum atomic E-state index is 6.42. The van der Waals surface area contributed by atoms with E-state index in [0.717, 1.165) is 18.9 Å². The van der Waals surface area contributed by atoms with Gasteiger partial charge in [0.2, 0.25) is 0 Å². The highest BCUT2D eigenvalue weighted by atomic mass is 16.5. The molecule has 0 bridgehead atoms. The Kier molecular flexibility index (Phi) is 4.82. The Morgan fingerprint density at radius 3 is 2.14 bits per heavy atom. The molecule has 0 aliphatic carbocycles. The Morgan fingerprint density at radius 1 is 0.952 bits per heavy atom. The van der Waals surface area contributed by atoms with Crippen molar-refractivity contribution < 1.29 is 9.47 Å². The third kappa shape index (κ3) is 3.18. The third-order valence-electron chi connectivity index (χ3n) is 4.19. The van der Waals surface area contributed by atoms with Crippen molar-refractivity contribution in [3.05, 3.63) is 33.7 Å². The van der Waals surface area contributed by atoms with Crippen molar-refractivity contribution in [2.45, 2.75) is 47.6 Å². The van der Waals surface area contributed by atoms with Gasteiger partial charge in [0.15, 0.2) is 0 Å². The number of hydrogen-bond donors (Lipinski definition) is 0. The maximum absolute atomic E-state index is 6.42. The molecular weight excluding hydrogens is 262 g/mol. The predicted molar refractivity (Wildman–Crippen MR) is 86.9 cm³/mol. The lowest BCUT2D eigenvalue weighted by Gasteiger charge is -2.36. The van der Waals surface area contributed by atoms with E-state index in [1.165, 1.54) is 28.0 Å². The van der Waals surface area contributed by atoms with Crippen LogP contribution in [-0.4, -0.2) is 37.8 Å². The van der Waals surface area contributed by atoms with Crippen molar-refractivity contribution in [3.63, 3.8) is 0 Å². The molecule has 2 unspecified atom stereocenters. The van der Waals surface area contributed by atoms with Gasteiger partial charge in [-0.1, -0.05) is 11.1 Å². The first-order valence-corrected chi connectivity index (χ1v) is 7.81. The second-order valence-electron chi connectivity index (χ2n) is 6.89. The van der Waals surface area contributed by atoms with Gasteiger partial charge in [-0.25, -0.2) is 0 Å². The van der Waals surface area contributed by atoms with E-state index in [0.29, 0.717) is 12.5 Å². The van der Waals surface area contributed by atoms with E-state index >= 15 is 0 Å². The minimum atomic E-state index is 0.172. The summed E-state index contributed by atoms with van der Waals surface area (Å²) in [6.07, 6.45) is 0.172. The maximum Gasteiger partial charge on any atom is 0.129 e. The highest BCUT2D eigenvalue weighted by Gasteiger charge is 2.36. The molecule has 2 saturated heterocycles. The van der Waals surface area contributed by atoms with E-state index in [1.807, 2.05) is 0 Å². The van der Waals surface area contributed by atoms with Gasteiger partial charge in [-0.15, -0.1) is 0 Å². The number of fused-ring (bicyclic) bond motifs is 1. The van der Waals surface area contributed by atoms with Gasteiger partial charge in [-0.3, -0.25) is 0 Å². The summed E-state index contributed by atoms with van der Waals surface area (Å²) in [5.74, 6) is 1.48. The molecule has 3 heteroatoms. The highest BCUT2D eigenvalue weighted by Crippen LogP contribution is 2.36. The first-order chi connectivity index (χ1) is 9.82. The standard InChI is InChI=1S/C18H29NO2/c1-11(2)16-17(12(3)4)19(7)8-14-9-20-10-15(14)21-18(16)13(5)6/h14-15H,8-10H2,1-7H3. The second-order valence-corrected chi connectivity index (χ2v) is 6.89. The monoisotopic (exact) mass is 291 g/mol. The van der Waals surface area contributed by atoms with Crippen LogP contribution in [0.3, 0.4) is 0 Å². The van der Waals surface area contributed by atoms with Gasteiger partial charge in [0.05, 0.1) is 13.2 Å². The van der Waals surface area contributed by atoms with Crippen molar-refractivity contribution >= 4 is 0 Å². The van der Waals surface area contributed by atoms with Crippen LogP contribution in [-0.2, 0) is 9.47 Å². The first-order valence-electron chi connectivity index (χ1n) is 7.81. The van der Waals surface area contributed by atoms with Gasteiger partial charge < -0.3 is 14.4 Å². The SMILES string of the molecule is CC(C)=C1OC2COCC2CN(C)C(=C(C)C)C1=C(C)C. The quantitative estimate of drug-likeness (QED) is 0.676. The van der Waals surface area contributed by atoms with Gasteiger partial charge in [-0.2, -0.15) is 0 Å². The summed E-state index contributed by atoms with van der Waals surface area (Å²) >= 11 is 0. The van der Waals surface area contributed by atoms with Crippen LogP contribution in [0.1, 0.15) is 41.5 Å². The zero-order chi connectivity index (χ0) is 15.7. The van der Waals surface area contributed by atoms with Crippen LogP contribution in [0.2, 0.25) is 0 Å². The molecule has 0 spiro atoms. The summed E-state index contributed by atoms with van der Waals surface area (Å²) in [7, 11) is 2.19. The summed E-state index contributed by atoms with van der Waals surface area (Å²) in [4.78, 5) is 2.38. The molecule has 0 aromatic rings. The second kappa shape index (κ2) is 6.27. The molecule has 3 nitrogen and oxygen atoms in total. The minimum Gasteiger partial charge on any atom is -0.487 e. The number of ether oxygens (including phenoxy) is 2. The molecule has 2 heterocycles. The van der Waals surface area contributed by atoms with Crippen molar-refractivity contribution in [1.82, 2.24) is 4.90 Å². The van der Waals surface area contributed by atoms with E-state index in [9.17, 15) is 0 Å². The van der Waals surface area contributed by atoms with Gasteiger partial charge in [0, 0.05) is 30.8 Å². The molecule has 0 aromatic carbocycles. The smallest absolute Gasteiger partial charge is 0.129 e. The number of nitrogens with zero attached hydrogens (tertiary/aromatic N) is 1.